The molecule has 128 valence electrons. The molecule has 1 saturated heterocycles. The van der Waals surface area contributed by atoms with Gasteiger partial charge in [0.1, 0.15) is 12.2 Å². The number of carbonyl (C=O) groups excluding carboxylic acids is 3. The van der Waals surface area contributed by atoms with E-state index in [0.29, 0.717) is 22.1 Å². The van der Waals surface area contributed by atoms with Crippen molar-refractivity contribution in [2.24, 2.45) is 0 Å². The molecule has 0 aliphatic carbocycles. The second kappa shape index (κ2) is 7.22. The molecule has 1 aromatic carbocycles. The first-order valence-corrected chi connectivity index (χ1v) is 7.12. The van der Waals surface area contributed by atoms with Crippen LogP contribution in [0, 0.1) is 0 Å². The van der Waals surface area contributed by atoms with Gasteiger partial charge in [-0.05, 0) is 17.7 Å². The number of hydrogen-bond donors (Lipinski definition) is 1. The van der Waals surface area contributed by atoms with Crippen molar-refractivity contribution in [2.75, 3.05) is 27.9 Å². The van der Waals surface area contributed by atoms with E-state index in [4.69, 9.17) is 21.1 Å². The van der Waals surface area contributed by atoms with Gasteiger partial charge in [0, 0.05) is 6.07 Å². The van der Waals surface area contributed by atoms with Crippen molar-refractivity contribution in [1.29, 1.82) is 0 Å². The summed E-state index contributed by atoms with van der Waals surface area (Å²) in [5.74, 6) is -0.518. The molecule has 0 radical (unpaired) electrons. The minimum atomic E-state index is -0.715. The molecule has 0 bridgehead atoms. The largest absolute Gasteiger partial charge is 0.493 e. The summed E-state index contributed by atoms with van der Waals surface area (Å²) >= 11 is 6.15. The molecule has 2 rings (SSSR count). The Morgan fingerprint density at radius 3 is 2.42 bits per heavy atom. The van der Waals surface area contributed by atoms with Gasteiger partial charge in [0.15, 0.2) is 11.5 Å². The summed E-state index contributed by atoms with van der Waals surface area (Å²) in [6, 6.07) is 2.38. The molecular formula is C15H15ClN2O6. The van der Waals surface area contributed by atoms with Crippen molar-refractivity contribution in [3.05, 3.63) is 28.4 Å². The van der Waals surface area contributed by atoms with E-state index in [1.165, 1.54) is 33.5 Å². The number of benzene rings is 1. The van der Waals surface area contributed by atoms with Gasteiger partial charge in [-0.25, -0.2) is 9.69 Å². The highest BCUT2D eigenvalue weighted by atomic mass is 35.5. The molecule has 1 aliphatic heterocycles. The lowest BCUT2D eigenvalue weighted by molar-refractivity contribution is -0.143. The average Bonchev–Trinajstić information content (AvgIpc) is 2.83. The minimum absolute atomic E-state index is 0.0157. The van der Waals surface area contributed by atoms with E-state index < -0.39 is 24.5 Å². The highest BCUT2D eigenvalue weighted by Crippen LogP contribution is 2.34. The van der Waals surface area contributed by atoms with Crippen LogP contribution in [0.1, 0.15) is 5.56 Å². The molecular weight excluding hydrogens is 340 g/mol. The number of hydrogen-bond acceptors (Lipinski definition) is 6. The maximum Gasteiger partial charge on any atom is 0.329 e. The molecule has 24 heavy (non-hydrogen) atoms. The number of ether oxygens (including phenoxy) is 3. The van der Waals surface area contributed by atoms with Gasteiger partial charge in [0.2, 0.25) is 0 Å². The van der Waals surface area contributed by atoms with E-state index in [-0.39, 0.29) is 5.70 Å². The normalized spacial score (nSPS) is 15.5. The number of rotatable bonds is 5. The van der Waals surface area contributed by atoms with Crippen LogP contribution >= 0.6 is 11.6 Å². The zero-order valence-corrected chi connectivity index (χ0v) is 14.0. The Morgan fingerprint density at radius 2 is 1.83 bits per heavy atom. The van der Waals surface area contributed by atoms with Gasteiger partial charge in [-0.1, -0.05) is 11.6 Å². The summed E-state index contributed by atoms with van der Waals surface area (Å²) in [5, 5.41) is 2.68. The number of methoxy groups -OCH3 is 3. The van der Waals surface area contributed by atoms with Crippen LogP contribution in [0.3, 0.4) is 0 Å². The smallest absolute Gasteiger partial charge is 0.329 e. The van der Waals surface area contributed by atoms with Gasteiger partial charge < -0.3 is 19.5 Å². The molecule has 1 aliphatic rings. The van der Waals surface area contributed by atoms with E-state index in [1.54, 1.807) is 6.07 Å². The third-order valence-electron chi connectivity index (χ3n) is 3.28. The fourth-order valence-corrected chi connectivity index (χ4v) is 2.25. The van der Waals surface area contributed by atoms with Crippen LogP contribution in [0.5, 0.6) is 11.5 Å². The van der Waals surface area contributed by atoms with E-state index >= 15 is 0 Å². The molecule has 3 amide bonds. The van der Waals surface area contributed by atoms with Crippen LogP contribution in [0.25, 0.3) is 6.08 Å². The number of amides is 3. The Bertz CT molecular complexity index is 731. The Kier molecular flexibility index (Phi) is 5.30. The zero-order chi connectivity index (χ0) is 17.9. The van der Waals surface area contributed by atoms with E-state index in [0.717, 1.165) is 4.90 Å². The lowest BCUT2D eigenvalue weighted by Crippen LogP contribution is -2.36. The number of carbonyl (C=O) groups is 3. The van der Waals surface area contributed by atoms with Crippen LogP contribution in [0.15, 0.2) is 17.8 Å². The minimum Gasteiger partial charge on any atom is -0.493 e. The molecule has 0 saturated carbocycles. The van der Waals surface area contributed by atoms with Crippen LogP contribution in [0.2, 0.25) is 5.02 Å². The van der Waals surface area contributed by atoms with Crippen LogP contribution in [0.4, 0.5) is 4.79 Å². The first-order valence-electron chi connectivity index (χ1n) is 6.74. The van der Waals surface area contributed by atoms with Crippen molar-refractivity contribution >= 4 is 35.6 Å². The SMILES string of the molecule is COC(=O)CN1C(=O)N/C(=C/c2cc(OC)c(OC)cc2Cl)C1=O. The number of esters is 1. The maximum atomic E-state index is 12.2. The van der Waals surface area contributed by atoms with E-state index in [1.807, 2.05) is 0 Å². The topological polar surface area (TPSA) is 94.2 Å². The monoisotopic (exact) mass is 354 g/mol. The second-order valence-corrected chi connectivity index (χ2v) is 5.09. The van der Waals surface area contributed by atoms with E-state index in [9.17, 15) is 14.4 Å². The molecule has 0 aromatic heterocycles. The quantitative estimate of drug-likeness (QED) is 0.488. The summed E-state index contributed by atoms with van der Waals surface area (Å²) in [6.07, 6.45) is 1.39. The second-order valence-electron chi connectivity index (χ2n) is 4.68. The fourth-order valence-electron chi connectivity index (χ4n) is 2.04. The van der Waals surface area contributed by atoms with Crippen molar-refractivity contribution in [2.45, 2.75) is 0 Å². The Balaban J connectivity index is 2.34. The molecule has 1 N–H and O–H groups in total. The molecule has 0 atom stereocenters. The zero-order valence-electron chi connectivity index (χ0n) is 13.2. The van der Waals surface area contributed by atoms with Gasteiger partial charge in [-0.15, -0.1) is 0 Å². The average molecular weight is 355 g/mol. The molecule has 1 fully saturated rings. The third kappa shape index (κ3) is 3.43. The molecule has 1 aromatic rings. The number of nitrogens with zero attached hydrogens (tertiary/aromatic N) is 1. The standard InChI is InChI=1S/C15H15ClN2O6/c1-22-11-5-8(9(16)6-12(11)23-2)4-10-14(20)18(15(21)17-10)7-13(19)24-3/h4-6H,7H2,1-3H3,(H,17,21)/b10-4+. The first kappa shape index (κ1) is 17.6. The first-order chi connectivity index (χ1) is 11.4. The predicted octanol–water partition coefficient (Wildman–Crippen LogP) is 1.42. The van der Waals surface area contributed by atoms with Gasteiger partial charge in [0.05, 0.1) is 26.4 Å². The molecule has 0 spiro atoms. The summed E-state index contributed by atoms with van der Waals surface area (Å²) in [5.41, 5.74) is 0.427. The van der Waals surface area contributed by atoms with Crippen molar-refractivity contribution in [1.82, 2.24) is 10.2 Å². The summed E-state index contributed by atoms with van der Waals surface area (Å²) in [6.45, 7) is -0.474. The van der Waals surface area contributed by atoms with Crippen molar-refractivity contribution in [3.8, 4) is 11.5 Å². The Morgan fingerprint density at radius 1 is 1.21 bits per heavy atom. The summed E-state index contributed by atoms with van der Waals surface area (Å²) in [4.78, 5) is 36.0. The lowest BCUT2D eigenvalue weighted by Gasteiger charge is -2.10. The number of imide groups is 1. The Labute approximate surface area is 142 Å². The van der Waals surface area contributed by atoms with Crippen molar-refractivity contribution in [3.63, 3.8) is 0 Å². The van der Waals surface area contributed by atoms with E-state index in [2.05, 4.69) is 10.1 Å². The molecule has 0 unspecified atom stereocenters. The highest BCUT2D eigenvalue weighted by Gasteiger charge is 2.35. The van der Waals surface area contributed by atoms with Gasteiger partial charge in [0.25, 0.3) is 5.91 Å². The van der Waals surface area contributed by atoms with Gasteiger partial charge in [-0.3, -0.25) is 9.59 Å². The molecule has 1 heterocycles. The lowest BCUT2D eigenvalue weighted by atomic mass is 10.1. The van der Waals surface area contributed by atoms with Crippen LogP contribution in [-0.2, 0) is 14.3 Å². The van der Waals surface area contributed by atoms with Crippen molar-refractivity contribution < 1.29 is 28.6 Å². The van der Waals surface area contributed by atoms with Crippen LogP contribution in [-0.4, -0.2) is 50.7 Å². The number of urea groups is 1. The van der Waals surface area contributed by atoms with Crippen LogP contribution < -0.4 is 14.8 Å². The fraction of sp³-hybridized carbons (Fsp3) is 0.267. The summed E-state index contributed by atoms with van der Waals surface area (Å²) in [7, 11) is 4.10. The highest BCUT2D eigenvalue weighted by molar-refractivity contribution is 6.32. The summed E-state index contributed by atoms with van der Waals surface area (Å²) < 4.78 is 14.8. The van der Waals surface area contributed by atoms with Gasteiger partial charge >= 0.3 is 12.0 Å². The molecule has 8 nitrogen and oxygen atoms in total. The third-order valence-corrected chi connectivity index (χ3v) is 3.61. The van der Waals surface area contributed by atoms with Gasteiger partial charge in [-0.2, -0.15) is 0 Å². The Hall–Kier alpha value is -2.74. The number of halogens is 1. The maximum absolute atomic E-state index is 12.2. The predicted molar refractivity (Wildman–Crippen MR) is 84.8 cm³/mol. The molecule has 9 heteroatoms. The number of nitrogens with one attached hydrogen (secondary N) is 1.